The molecule has 1 aliphatic rings. The number of halogens is 3. The molecule has 0 atom stereocenters. The molecule has 0 saturated heterocycles. The summed E-state index contributed by atoms with van der Waals surface area (Å²) in [6.45, 7) is 0. The van der Waals surface area contributed by atoms with E-state index in [0.29, 0.717) is 12.8 Å². The van der Waals surface area contributed by atoms with Crippen molar-refractivity contribution in [2.75, 3.05) is 0 Å². The van der Waals surface area contributed by atoms with Crippen LogP contribution >= 0.6 is 0 Å². The van der Waals surface area contributed by atoms with Crippen LogP contribution in [-0.2, 0) is 6.18 Å². The smallest absolute Gasteiger partial charge is 0.319 e. The summed E-state index contributed by atoms with van der Waals surface area (Å²) in [7, 11) is 0. The van der Waals surface area contributed by atoms with Gasteiger partial charge in [0.2, 0.25) is 0 Å². The standard InChI is InChI=1S/C11H11F3N2O/c12-11(13,14)8-2-5-16-6-7(8)9(17)10(15)3-1-4-10/h2,5-6H,1,3-4,15H2. The van der Waals surface area contributed by atoms with Gasteiger partial charge in [-0.3, -0.25) is 9.78 Å². The molecule has 17 heavy (non-hydrogen) atoms. The number of rotatable bonds is 2. The Morgan fingerprint density at radius 2 is 2.06 bits per heavy atom. The van der Waals surface area contributed by atoms with Crippen LogP contribution in [0.3, 0.4) is 0 Å². The van der Waals surface area contributed by atoms with Gasteiger partial charge in [-0.1, -0.05) is 0 Å². The topological polar surface area (TPSA) is 56.0 Å². The van der Waals surface area contributed by atoms with E-state index in [1.165, 1.54) is 0 Å². The fourth-order valence-corrected chi connectivity index (χ4v) is 1.88. The number of carbonyl (C=O) groups is 1. The monoisotopic (exact) mass is 244 g/mol. The number of carbonyl (C=O) groups excluding carboxylic acids is 1. The van der Waals surface area contributed by atoms with E-state index < -0.39 is 28.6 Å². The predicted octanol–water partition coefficient (Wildman–Crippen LogP) is 2.16. The van der Waals surface area contributed by atoms with Gasteiger partial charge >= 0.3 is 6.18 Å². The summed E-state index contributed by atoms with van der Waals surface area (Å²) < 4.78 is 38.1. The van der Waals surface area contributed by atoms with Gasteiger partial charge in [-0.05, 0) is 25.3 Å². The zero-order chi connectivity index (χ0) is 12.7. The molecule has 0 unspecified atom stereocenters. The first kappa shape index (κ1) is 12.0. The Balaban J connectivity index is 2.42. The third kappa shape index (κ3) is 2.04. The minimum absolute atomic E-state index is 0.429. The molecule has 92 valence electrons. The Morgan fingerprint density at radius 1 is 1.41 bits per heavy atom. The molecule has 1 saturated carbocycles. The van der Waals surface area contributed by atoms with Crippen molar-refractivity contribution in [2.24, 2.45) is 5.73 Å². The summed E-state index contributed by atoms with van der Waals surface area (Å²) >= 11 is 0. The minimum Gasteiger partial charge on any atom is -0.319 e. The molecule has 0 spiro atoms. The zero-order valence-corrected chi connectivity index (χ0v) is 8.92. The van der Waals surface area contributed by atoms with Gasteiger partial charge in [0.15, 0.2) is 5.78 Å². The molecule has 3 nitrogen and oxygen atoms in total. The minimum atomic E-state index is -4.56. The zero-order valence-electron chi connectivity index (χ0n) is 8.92. The SMILES string of the molecule is NC1(C(=O)c2cnccc2C(F)(F)F)CCC1. The van der Waals surface area contributed by atoms with E-state index in [1.54, 1.807) is 0 Å². The van der Waals surface area contributed by atoms with E-state index in [2.05, 4.69) is 4.98 Å². The van der Waals surface area contributed by atoms with Gasteiger partial charge in [-0.25, -0.2) is 0 Å². The van der Waals surface area contributed by atoms with Crippen LogP contribution in [0.15, 0.2) is 18.5 Å². The van der Waals surface area contributed by atoms with Crippen LogP contribution in [0.25, 0.3) is 0 Å². The Labute approximate surface area is 95.8 Å². The van der Waals surface area contributed by atoms with E-state index >= 15 is 0 Å². The van der Waals surface area contributed by atoms with Crippen molar-refractivity contribution in [2.45, 2.75) is 31.0 Å². The maximum absolute atomic E-state index is 12.7. The summed E-state index contributed by atoms with van der Waals surface area (Å²) in [6, 6.07) is 0.801. The number of Topliss-reactive ketones (excluding diaryl/α,β-unsaturated/α-hetero) is 1. The summed E-state index contributed by atoms with van der Waals surface area (Å²) in [5.41, 5.74) is 3.22. The highest BCUT2D eigenvalue weighted by atomic mass is 19.4. The first-order chi connectivity index (χ1) is 7.84. The number of nitrogens with two attached hydrogens (primary N) is 1. The van der Waals surface area contributed by atoms with Crippen LogP contribution in [0.5, 0.6) is 0 Å². The van der Waals surface area contributed by atoms with Crippen molar-refractivity contribution < 1.29 is 18.0 Å². The van der Waals surface area contributed by atoms with Crippen LogP contribution in [0.4, 0.5) is 13.2 Å². The van der Waals surface area contributed by atoms with E-state index in [1.807, 2.05) is 0 Å². The molecule has 0 radical (unpaired) electrons. The van der Waals surface area contributed by atoms with Crippen molar-refractivity contribution in [1.29, 1.82) is 0 Å². The van der Waals surface area contributed by atoms with E-state index in [0.717, 1.165) is 24.9 Å². The van der Waals surface area contributed by atoms with Crippen LogP contribution in [0.1, 0.15) is 35.2 Å². The van der Waals surface area contributed by atoms with Crippen molar-refractivity contribution >= 4 is 5.78 Å². The molecular weight excluding hydrogens is 233 g/mol. The van der Waals surface area contributed by atoms with E-state index in [4.69, 9.17) is 5.73 Å². The normalized spacial score (nSPS) is 18.6. The molecule has 1 aromatic rings. The molecule has 1 aliphatic carbocycles. The molecule has 0 bridgehead atoms. The second kappa shape index (κ2) is 3.80. The molecular formula is C11H11F3N2O. The van der Waals surface area contributed by atoms with Crippen molar-refractivity contribution in [3.8, 4) is 0 Å². The molecule has 0 amide bonds. The van der Waals surface area contributed by atoms with Crippen LogP contribution in [0, 0.1) is 0 Å². The van der Waals surface area contributed by atoms with E-state index in [-0.39, 0.29) is 0 Å². The molecule has 2 rings (SSSR count). The van der Waals surface area contributed by atoms with Crippen LogP contribution < -0.4 is 5.73 Å². The van der Waals surface area contributed by atoms with Gasteiger partial charge in [0.1, 0.15) is 0 Å². The summed E-state index contributed by atoms with van der Waals surface area (Å²) in [4.78, 5) is 15.5. The summed E-state index contributed by atoms with van der Waals surface area (Å²) in [5, 5.41) is 0. The van der Waals surface area contributed by atoms with Gasteiger partial charge in [-0.2, -0.15) is 13.2 Å². The number of alkyl halides is 3. The second-order valence-corrected chi connectivity index (χ2v) is 4.26. The lowest BCUT2D eigenvalue weighted by molar-refractivity contribution is -0.138. The molecule has 0 aromatic carbocycles. The third-order valence-corrected chi connectivity index (χ3v) is 3.07. The maximum atomic E-state index is 12.7. The molecule has 1 aromatic heterocycles. The lowest BCUT2D eigenvalue weighted by Crippen LogP contribution is -2.54. The van der Waals surface area contributed by atoms with Crippen LogP contribution in [0.2, 0.25) is 0 Å². The highest BCUT2D eigenvalue weighted by molar-refractivity contribution is 6.04. The second-order valence-electron chi connectivity index (χ2n) is 4.26. The predicted molar refractivity (Wildman–Crippen MR) is 54.3 cm³/mol. The van der Waals surface area contributed by atoms with E-state index in [9.17, 15) is 18.0 Å². The largest absolute Gasteiger partial charge is 0.417 e. The average molecular weight is 244 g/mol. The first-order valence-electron chi connectivity index (χ1n) is 5.19. The number of aromatic nitrogens is 1. The third-order valence-electron chi connectivity index (χ3n) is 3.07. The Kier molecular flexibility index (Phi) is 2.69. The van der Waals surface area contributed by atoms with Crippen LogP contribution in [-0.4, -0.2) is 16.3 Å². The first-order valence-corrected chi connectivity index (χ1v) is 5.19. The van der Waals surface area contributed by atoms with Gasteiger partial charge in [0, 0.05) is 12.4 Å². The van der Waals surface area contributed by atoms with Crippen molar-refractivity contribution in [1.82, 2.24) is 4.98 Å². The average Bonchev–Trinajstić information content (AvgIpc) is 2.24. The molecule has 0 aliphatic heterocycles. The van der Waals surface area contributed by atoms with Gasteiger partial charge < -0.3 is 5.73 Å². The van der Waals surface area contributed by atoms with Gasteiger partial charge in [0.05, 0.1) is 16.7 Å². The maximum Gasteiger partial charge on any atom is 0.417 e. The lowest BCUT2D eigenvalue weighted by atomic mass is 9.72. The summed E-state index contributed by atoms with van der Waals surface area (Å²) in [5.74, 6) is -0.663. The molecule has 1 fully saturated rings. The van der Waals surface area contributed by atoms with Gasteiger partial charge in [0.25, 0.3) is 0 Å². The lowest BCUT2D eigenvalue weighted by Gasteiger charge is -2.36. The number of pyridine rings is 1. The summed E-state index contributed by atoms with van der Waals surface area (Å²) in [6.07, 6.45) is -0.977. The fourth-order valence-electron chi connectivity index (χ4n) is 1.88. The van der Waals surface area contributed by atoms with Gasteiger partial charge in [-0.15, -0.1) is 0 Å². The molecule has 1 heterocycles. The molecule has 2 N–H and O–H groups in total. The number of hydrogen-bond donors (Lipinski definition) is 1. The highest BCUT2D eigenvalue weighted by Crippen LogP contribution is 2.37. The van der Waals surface area contributed by atoms with Crippen molar-refractivity contribution in [3.05, 3.63) is 29.6 Å². The number of nitrogens with zero attached hydrogens (tertiary/aromatic N) is 1. The highest BCUT2D eigenvalue weighted by Gasteiger charge is 2.44. The number of ketones is 1. The Morgan fingerprint density at radius 3 is 2.53 bits per heavy atom. The quantitative estimate of drug-likeness (QED) is 0.811. The Hall–Kier alpha value is -1.43. The molecule has 6 heteroatoms. The van der Waals surface area contributed by atoms with Crippen molar-refractivity contribution in [3.63, 3.8) is 0 Å². The Bertz CT molecular complexity index is 452. The number of hydrogen-bond acceptors (Lipinski definition) is 3. The fraction of sp³-hybridized carbons (Fsp3) is 0.455.